The lowest BCUT2D eigenvalue weighted by Gasteiger charge is -2.16. The number of aryl methyl sites for hydroxylation is 1. The first kappa shape index (κ1) is 15.5. The van der Waals surface area contributed by atoms with Gasteiger partial charge in [-0.25, -0.2) is 4.39 Å². The molecular weight excluding hydrogens is 321 g/mol. The van der Waals surface area contributed by atoms with E-state index in [2.05, 4.69) is 10.1 Å². The van der Waals surface area contributed by atoms with Crippen LogP contribution in [-0.4, -0.2) is 22.6 Å². The van der Waals surface area contributed by atoms with Gasteiger partial charge in [-0.15, -0.1) is 0 Å². The third-order valence-corrected chi connectivity index (χ3v) is 4.37. The van der Waals surface area contributed by atoms with E-state index in [4.69, 9.17) is 4.52 Å². The van der Waals surface area contributed by atoms with E-state index >= 15 is 0 Å². The highest BCUT2D eigenvalue weighted by Gasteiger charge is 2.34. The summed E-state index contributed by atoms with van der Waals surface area (Å²) in [5.41, 5.74) is 2.68. The van der Waals surface area contributed by atoms with Crippen molar-refractivity contribution >= 4 is 11.6 Å². The number of rotatable bonds is 3. The number of nitrogens with zero attached hydrogens (tertiary/aromatic N) is 3. The summed E-state index contributed by atoms with van der Waals surface area (Å²) in [7, 11) is 0. The number of hydrogen-bond acceptors (Lipinski definition) is 4. The van der Waals surface area contributed by atoms with Crippen LogP contribution in [-0.2, 0) is 4.79 Å². The molecule has 2 aromatic carbocycles. The van der Waals surface area contributed by atoms with Crippen molar-refractivity contribution in [1.29, 1.82) is 0 Å². The van der Waals surface area contributed by atoms with Crippen LogP contribution in [0.3, 0.4) is 0 Å². The van der Waals surface area contributed by atoms with Crippen molar-refractivity contribution < 1.29 is 13.7 Å². The number of aromatic nitrogens is 2. The summed E-state index contributed by atoms with van der Waals surface area (Å²) in [6.07, 6.45) is 0.344. The number of carbonyl (C=O) groups excluding carboxylic acids is 1. The van der Waals surface area contributed by atoms with Crippen molar-refractivity contribution in [3.8, 4) is 11.5 Å². The van der Waals surface area contributed by atoms with Crippen LogP contribution in [0, 0.1) is 12.7 Å². The molecule has 2 heterocycles. The summed E-state index contributed by atoms with van der Waals surface area (Å²) < 4.78 is 18.3. The van der Waals surface area contributed by atoms with Gasteiger partial charge in [-0.1, -0.05) is 22.9 Å². The minimum absolute atomic E-state index is 0.0435. The number of anilines is 1. The molecule has 3 aromatic rings. The maximum Gasteiger partial charge on any atom is 0.257 e. The average Bonchev–Trinajstić information content (AvgIpc) is 3.23. The van der Waals surface area contributed by atoms with E-state index in [0.717, 1.165) is 11.3 Å². The van der Waals surface area contributed by atoms with Gasteiger partial charge in [0.1, 0.15) is 5.82 Å². The molecule has 0 unspecified atom stereocenters. The monoisotopic (exact) mass is 337 g/mol. The van der Waals surface area contributed by atoms with E-state index in [-0.39, 0.29) is 17.6 Å². The molecule has 1 aliphatic rings. The van der Waals surface area contributed by atoms with Crippen LogP contribution in [0.15, 0.2) is 53.1 Å². The Balaban J connectivity index is 1.54. The minimum Gasteiger partial charge on any atom is -0.334 e. The number of hydrogen-bond donors (Lipinski definition) is 0. The van der Waals surface area contributed by atoms with E-state index in [1.807, 2.05) is 31.2 Å². The van der Waals surface area contributed by atoms with Crippen LogP contribution >= 0.6 is 0 Å². The van der Waals surface area contributed by atoms with Crippen molar-refractivity contribution in [2.75, 3.05) is 11.4 Å². The predicted molar refractivity (Wildman–Crippen MR) is 90.6 cm³/mol. The van der Waals surface area contributed by atoms with Gasteiger partial charge in [0.15, 0.2) is 5.82 Å². The third-order valence-electron chi connectivity index (χ3n) is 4.37. The zero-order chi connectivity index (χ0) is 17.4. The molecule has 0 N–H and O–H groups in total. The second-order valence-electron chi connectivity index (χ2n) is 6.21. The highest BCUT2D eigenvalue weighted by atomic mass is 19.1. The molecule has 1 aliphatic heterocycles. The van der Waals surface area contributed by atoms with Crippen molar-refractivity contribution in [3.05, 3.63) is 65.7 Å². The fraction of sp³-hybridized carbons (Fsp3) is 0.211. The summed E-state index contributed by atoms with van der Waals surface area (Å²) in [6.45, 7) is 2.53. The van der Waals surface area contributed by atoms with Crippen LogP contribution in [0.5, 0.6) is 0 Å². The van der Waals surface area contributed by atoms with Crippen molar-refractivity contribution in [3.63, 3.8) is 0 Å². The Bertz CT molecular complexity index is 903. The topological polar surface area (TPSA) is 59.2 Å². The third kappa shape index (κ3) is 3.03. The zero-order valence-electron chi connectivity index (χ0n) is 13.6. The van der Waals surface area contributed by atoms with Gasteiger partial charge in [0, 0.05) is 30.1 Å². The Morgan fingerprint density at radius 3 is 2.56 bits per heavy atom. The first-order valence-corrected chi connectivity index (χ1v) is 8.07. The second-order valence-corrected chi connectivity index (χ2v) is 6.21. The average molecular weight is 337 g/mol. The van der Waals surface area contributed by atoms with Gasteiger partial charge >= 0.3 is 0 Å². The van der Waals surface area contributed by atoms with Gasteiger partial charge in [-0.05, 0) is 43.3 Å². The largest absolute Gasteiger partial charge is 0.334 e. The van der Waals surface area contributed by atoms with Crippen molar-refractivity contribution in [2.24, 2.45) is 0 Å². The fourth-order valence-electron chi connectivity index (χ4n) is 2.97. The Kier molecular flexibility index (Phi) is 3.80. The SMILES string of the molecule is Cc1ccc(N2C[C@H](c3noc(-c4ccc(F)cc4)n3)CC2=O)cc1. The molecule has 0 bridgehead atoms. The Morgan fingerprint density at radius 1 is 1.12 bits per heavy atom. The van der Waals surface area contributed by atoms with E-state index in [0.29, 0.717) is 30.2 Å². The molecule has 126 valence electrons. The van der Waals surface area contributed by atoms with Gasteiger partial charge in [0.2, 0.25) is 5.91 Å². The number of halogens is 1. The first-order valence-electron chi connectivity index (χ1n) is 8.07. The summed E-state index contributed by atoms with van der Waals surface area (Å²) in [6, 6.07) is 13.7. The van der Waals surface area contributed by atoms with Crippen LogP contribution in [0.1, 0.15) is 23.7 Å². The molecule has 6 heteroatoms. The van der Waals surface area contributed by atoms with E-state index in [1.54, 1.807) is 17.0 Å². The van der Waals surface area contributed by atoms with E-state index in [9.17, 15) is 9.18 Å². The first-order chi connectivity index (χ1) is 12.1. The maximum absolute atomic E-state index is 13.0. The highest BCUT2D eigenvalue weighted by molar-refractivity contribution is 5.96. The summed E-state index contributed by atoms with van der Waals surface area (Å²) in [4.78, 5) is 18.5. The van der Waals surface area contributed by atoms with Crippen molar-refractivity contribution in [2.45, 2.75) is 19.3 Å². The number of amides is 1. The molecule has 1 saturated heterocycles. The summed E-state index contributed by atoms with van der Waals surface area (Å²) in [5, 5.41) is 4.01. The molecule has 25 heavy (non-hydrogen) atoms. The molecule has 0 spiro atoms. The second kappa shape index (κ2) is 6.12. The lowest BCUT2D eigenvalue weighted by Crippen LogP contribution is -2.24. The molecule has 0 radical (unpaired) electrons. The maximum atomic E-state index is 13.0. The Labute approximate surface area is 144 Å². The van der Waals surface area contributed by atoms with Gasteiger partial charge < -0.3 is 9.42 Å². The van der Waals surface area contributed by atoms with Crippen LogP contribution < -0.4 is 4.90 Å². The Morgan fingerprint density at radius 2 is 1.84 bits per heavy atom. The zero-order valence-corrected chi connectivity index (χ0v) is 13.6. The lowest BCUT2D eigenvalue weighted by atomic mass is 10.1. The van der Waals surface area contributed by atoms with Gasteiger partial charge in [-0.3, -0.25) is 4.79 Å². The van der Waals surface area contributed by atoms with E-state index in [1.165, 1.54) is 12.1 Å². The molecular formula is C19H16FN3O2. The molecule has 4 rings (SSSR count). The predicted octanol–water partition coefficient (Wildman–Crippen LogP) is 3.70. The molecule has 1 fully saturated rings. The van der Waals surface area contributed by atoms with Crippen LogP contribution in [0.4, 0.5) is 10.1 Å². The standard InChI is InChI=1S/C19H16FN3O2/c1-12-2-8-16(9-3-12)23-11-14(10-17(23)24)18-21-19(25-22-18)13-4-6-15(20)7-5-13/h2-9,14H,10-11H2,1H3/t14-/m1/s1. The van der Waals surface area contributed by atoms with Gasteiger partial charge in [0.25, 0.3) is 5.89 Å². The molecule has 5 nitrogen and oxygen atoms in total. The quantitative estimate of drug-likeness (QED) is 0.731. The summed E-state index contributed by atoms with van der Waals surface area (Å²) >= 11 is 0. The molecule has 1 aromatic heterocycles. The minimum atomic E-state index is -0.321. The molecule has 1 atom stereocenters. The number of benzene rings is 2. The molecule has 0 saturated carbocycles. The summed E-state index contributed by atoms with van der Waals surface area (Å²) in [5.74, 6) is 0.436. The van der Waals surface area contributed by atoms with Crippen molar-refractivity contribution in [1.82, 2.24) is 10.1 Å². The molecule has 0 aliphatic carbocycles. The normalized spacial score (nSPS) is 17.3. The fourth-order valence-corrected chi connectivity index (χ4v) is 2.97. The van der Waals surface area contributed by atoms with Gasteiger partial charge in [-0.2, -0.15) is 4.98 Å². The van der Waals surface area contributed by atoms with E-state index < -0.39 is 0 Å². The van der Waals surface area contributed by atoms with Crippen LogP contribution in [0.2, 0.25) is 0 Å². The Hall–Kier alpha value is -3.02. The smallest absolute Gasteiger partial charge is 0.257 e. The van der Waals surface area contributed by atoms with Gasteiger partial charge in [0.05, 0.1) is 0 Å². The lowest BCUT2D eigenvalue weighted by molar-refractivity contribution is -0.117. The highest BCUT2D eigenvalue weighted by Crippen LogP contribution is 2.31. The van der Waals surface area contributed by atoms with Crippen LogP contribution in [0.25, 0.3) is 11.5 Å². The number of carbonyl (C=O) groups is 1. The molecule has 1 amide bonds.